The highest BCUT2D eigenvalue weighted by Gasteiger charge is 2.15. The number of aromatic nitrogens is 2. The van der Waals surface area contributed by atoms with Gasteiger partial charge in [0.25, 0.3) is 5.91 Å². The minimum absolute atomic E-state index is 0.00750. The fourth-order valence-corrected chi connectivity index (χ4v) is 3.22. The van der Waals surface area contributed by atoms with Crippen LogP contribution < -0.4 is 5.32 Å². The highest BCUT2D eigenvalue weighted by atomic mass is 32.1. The lowest BCUT2D eigenvalue weighted by molar-refractivity contribution is 0.102. The fourth-order valence-electron chi connectivity index (χ4n) is 2.36. The number of anilines is 1. The average Bonchev–Trinajstić information content (AvgIpc) is 3.02. The van der Waals surface area contributed by atoms with Gasteiger partial charge in [-0.1, -0.05) is 60.7 Å². The number of nitrogens with zero attached hydrogens (tertiary/aromatic N) is 2. The molecule has 0 bridgehead atoms. The van der Waals surface area contributed by atoms with Crippen LogP contribution in [0.1, 0.15) is 33.8 Å². The molecule has 2 aromatic carbocycles. The molecule has 1 N–H and O–H groups in total. The van der Waals surface area contributed by atoms with Gasteiger partial charge >= 0.3 is 0 Å². The molecule has 1 aromatic heterocycles. The summed E-state index contributed by atoms with van der Waals surface area (Å²) in [7, 11) is 0. The third kappa shape index (κ3) is 3.83. The number of nitrogens with one attached hydrogen (secondary N) is 1. The summed E-state index contributed by atoms with van der Waals surface area (Å²) in [6.07, 6.45) is 0.733. The first kappa shape index (κ1) is 16.3. The Morgan fingerprint density at radius 3 is 2.58 bits per heavy atom. The molecule has 0 saturated carbocycles. The SMILES string of the molecule is CC(Cc1nnc(NC(=O)c2ccccc2F)s1)c1ccccc1. The number of carbonyl (C=O) groups is 1. The number of carbonyl (C=O) groups excluding carboxylic acids is 1. The number of hydrogen-bond acceptors (Lipinski definition) is 4. The minimum Gasteiger partial charge on any atom is -0.296 e. The van der Waals surface area contributed by atoms with Crippen molar-refractivity contribution in [2.45, 2.75) is 19.3 Å². The lowest BCUT2D eigenvalue weighted by Gasteiger charge is -2.08. The zero-order chi connectivity index (χ0) is 16.9. The van der Waals surface area contributed by atoms with Crippen molar-refractivity contribution in [3.8, 4) is 0 Å². The number of rotatable bonds is 5. The Kier molecular flexibility index (Phi) is 4.96. The Labute approximate surface area is 143 Å². The van der Waals surface area contributed by atoms with Crippen LogP contribution in [0.2, 0.25) is 0 Å². The summed E-state index contributed by atoms with van der Waals surface area (Å²) in [5, 5.41) is 11.9. The lowest BCUT2D eigenvalue weighted by atomic mass is 9.98. The maximum Gasteiger partial charge on any atom is 0.260 e. The molecule has 0 aliphatic rings. The molecular formula is C18H16FN3OS. The molecule has 0 radical (unpaired) electrons. The van der Waals surface area contributed by atoms with E-state index in [4.69, 9.17) is 0 Å². The van der Waals surface area contributed by atoms with Crippen LogP contribution in [-0.4, -0.2) is 16.1 Å². The predicted octanol–water partition coefficient (Wildman–Crippen LogP) is 4.28. The first-order valence-electron chi connectivity index (χ1n) is 7.56. The second-order valence-electron chi connectivity index (χ2n) is 5.45. The van der Waals surface area contributed by atoms with E-state index in [1.54, 1.807) is 12.1 Å². The van der Waals surface area contributed by atoms with Gasteiger partial charge in [-0.2, -0.15) is 0 Å². The second kappa shape index (κ2) is 7.31. The summed E-state index contributed by atoms with van der Waals surface area (Å²) < 4.78 is 13.6. The van der Waals surface area contributed by atoms with E-state index >= 15 is 0 Å². The van der Waals surface area contributed by atoms with Crippen molar-refractivity contribution in [1.29, 1.82) is 0 Å². The van der Waals surface area contributed by atoms with E-state index in [-0.39, 0.29) is 5.56 Å². The maximum atomic E-state index is 13.6. The normalized spacial score (nSPS) is 11.9. The highest BCUT2D eigenvalue weighted by Crippen LogP contribution is 2.24. The third-order valence-corrected chi connectivity index (χ3v) is 4.52. The first-order valence-corrected chi connectivity index (χ1v) is 8.38. The number of benzene rings is 2. The molecule has 0 fully saturated rings. The van der Waals surface area contributed by atoms with Crippen LogP contribution in [0.15, 0.2) is 54.6 Å². The quantitative estimate of drug-likeness (QED) is 0.754. The fraction of sp³-hybridized carbons (Fsp3) is 0.167. The van der Waals surface area contributed by atoms with E-state index in [2.05, 4.69) is 34.6 Å². The standard InChI is InChI=1S/C18H16FN3OS/c1-12(13-7-3-2-4-8-13)11-16-21-22-18(24-16)20-17(23)14-9-5-6-10-15(14)19/h2-10,12H,11H2,1H3,(H,20,22,23). The molecule has 0 spiro atoms. The van der Waals surface area contributed by atoms with Crippen molar-refractivity contribution in [3.05, 3.63) is 76.5 Å². The molecular weight excluding hydrogens is 325 g/mol. The van der Waals surface area contributed by atoms with Gasteiger partial charge in [0.2, 0.25) is 5.13 Å². The van der Waals surface area contributed by atoms with Crippen molar-refractivity contribution in [3.63, 3.8) is 0 Å². The van der Waals surface area contributed by atoms with Gasteiger partial charge in [0.15, 0.2) is 0 Å². The summed E-state index contributed by atoms with van der Waals surface area (Å²) in [5.74, 6) is -0.779. The van der Waals surface area contributed by atoms with Gasteiger partial charge in [0.05, 0.1) is 5.56 Å². The van der Waals surface area contributed by atoms with E-state index in [9.17, 15) is 9.18 Å². The van der Waals surface area contributed by atoms with Crippen molar-refractivity contribution in [1.82, 2.24) is 10.2 Å². The van der Waals surface area contributed by atoms with E-state index in [1.165, 1.54) is 29.0 Å². The second-order valence-corrected chi connectivity index (χ2v) is 6.51. The van der Waals surface area contributed by atoms with Crippen LogP contribution in [-0.2, 0) is 6.42 Å². The monoisotopic (exact) mass is 341 g/mol. The minimum atomic E-state index is -0.558. The van der Waals surface area contributed by atoms with E-state index < -0.39 is 11.7 Å². The zero-order valence-electron chi connectivity index (χ0n) is 13.1. The molecule has 0 aliphatic heterocycles. The number of hydrogen-bond donors (Lipinski definition) is 1. The Morgan fingerprint density at radius 2 is 1.83 bits per heavy atom. The molecule has 0 saturated heterocycles. The smallest absolute Gasteiger partial charge is 0.260 e. The first-order chi connectivity index (χ1) is 11.6. The van der Waals surface area contributed by atoms with Crippen molar-refractivity contribution >= 4 is 22.4 Å². The van der Waals surface area contributed by atoms with Crippen molar-refractivity contribution < 1.29 is 9.18 Å². The highest BCUT2D eigenvalue weighted by molar-refractivity contribution is 7.15. The van der Waals surface area contributed by atoms with Gasteiger partial charge in [-0.05, 0) is 23.6 Å². The topological polar surface area (TPSA) is 54.9 Å². The third-order valence-electron chi connectivity index (χ3n) is 3.66. The number of halogens is 1. The molecule has 0 aliphatic carbocycles. The van der Waals surface area contributed by atoms with E-state index in [0.29, 0.717) is 11.0 Å². The van der Waals surface area contributed by atoms with Gasteiger partial charge in [-0.25, -0.2) is 4.39 Å². The lowest BCUT2D eigenvalue weighted by Crippen LogP contribution is -2.13. The summed E-state index contributed by atoms with van der Waals surface area (Å²) in [6.45, 7) is 2.12. The van der Waals surface area contributed by atoms with Gasteiger partial charge in [-0.3, -0.25) is 10.1 Å². The van der Waals surface area contributed by atoms with Gasteiger partial charge in [0.1, 0.15) is 10.8 Å². The van der Waals surface area contributed by atoms with Crippen molar-refractivity contribution in [2.75, 3.05) is 5.32 Å². The Morgan fingerprint density at radius 1 is 1.12 bits per heavy atom. The predicted molar refractivity (Wildman–Crippen MR) is 92.8 cm³/mol. The molecule has 1 unspecified atom stereocenters. The summed E-state index contributed by atoms with van der Waals surface area (Å²) >= 11 is 1.31. The van der Waals surface area contributed by atoms with Crippen LogP contribution in [0.3, 0.4) is 0 Å². The molecule has 4 nitrogen and oxygen atoms in total. The maximum absolute atomic E-state index is 13.6. The van der Waals surface area contributed by atoms with Gasteiger partial charge in [0, 0.05) is 6.42 Å². The molecule has 1 heterocycles. The van der Waals surface area contributed by atoms with E-state index in [0.717, 1.165) is 11.4 Å². The van der Waals surface area contributed by atoms with Crippen LogP contribution in [0.5, 0.6) is 0 Å². The Hall–Kier alpha value is -2.60. The average molecular weight is 341 g/mol. The summed E-state index contributed by atoms with van der Waals surface area (Å²) in [5.41, 5.74) is 1.22. The van der Waals surface area contributed by atoms with Crippen LogP contribution in [0, 0.1) is 5.82 Å². The summed E-state index contributed by atoms with van der Waals surface area (Å²) in [4.78, 5) is 12.1. The Bertz CT molecular complexity index is 835. The summed E-state index contributed by atoms with van der Waals surface area (Å²) in [6, 6.07) is 16.0. The van der Waals surface area contributed by atoms with Gasteiger partial charge < -0.3 is 0 Å². The molecule has 3 aromatic rings. The molecule has 1 atom stereocenters. The molecule has 6 heteroatoms. The number of amides is 1. The molecule has 122 valence electrons. The van der Waals surface area contributed by atoms with Gasteiger partial charge in [-0.15, -0.1) is 10.2 Å². The Balaban J connectivity index is 1.66. The van der Waals surface area contributed by atoms with E-state index in [1.807, 2.05) is 18.2 Å². The molecule has 1 amide bonds. The van der Waals surface area contributed by atoms with Crippen LogP contribution >= 0.6 is 11.3 Å². The van der Waals surface area contributed by atoms with Crippen LogP contribution in [0.25, 0.3) is 0 Å². The van der Waals surface area contributed by atoms with Crippen LogP contribution in [0.4, 0.5) is 9.52 Å². The molecule has 3 rings (SSSR count). The molecule has 24 heavy (non-hydrogen) atoms. The zero-order valence-corrected chi connectivity index (χ0v) is 13.9. The van der Waals surface area contributed by atoms with Crippen molar-refractivity contribution in [2.24, 2.45) is 0 Å². The largest absolute Gasteiger partial charge is 0.296 e.